The van der Waals surface area contributed by atoms with E-state index in [1.54, 1.807) is 13.8 Å². The van der Waals surface area contributed by atoms with Gasteiger partial charge in [-0.1, -0.05) is 27.7 Å². The molecule has 0 aromatic heterocycles. The fraction of sp³-hybridized carbons (Fsp3) is 0.455. The number of hydrogen-bond acceptors (Lipinski definition) is 0. The molecule has 0 saturated heterocycles. The molecule has 0 fully saturated rings. The number of halogens is 3. The second-order valence-corrected chi connectivity index (χ2v) is 2.95. The SMILES string of the molecule is CC.CC(C)c1cc(F)c(F)c(F)c1. The van der Waals surface area contributed by atoms with Gasteiger partial charge in [-0.15, -0.1) is 0 Å². The molecule has 3 heteroatoms. The minimum absolute atomic E-state index is 0.00500. The average Bonchev–Trinajstić information content (AvgIpc) is 2.16. The van der Waals surface area contributed by atoms with E-state index < -0.39 is 17.5 Å². The maximum atomic E-state index is 12.6. The Balaban J connectivity index is 0.000000791. The Morgan fingerprint density at radius 2 is 1.29 bits per heavy atom. The van der Waals surface area contributed by atoms with Crippen molar-refractivity contribution in [1.82, 2.24) is 0 Å². The van der Waals surface area contributed by atoms with Crippen LogP contribution in [0.25, 0.3) is 0 Å². The lowest BCUT2D eigenvalue weighted by molar-refractivity contribution is 0.444. The van der Waals surface area contributed by atoms with Crippen LogP contribution in [-0.4, -0.2) is 0 Å². The largest absolute Gasteiger partial charge is 0.204 e. The van der Waals surface area contributed by atoms with Gasteiger partial charge in [0.15, 0.2) is 17.5 Å². The molecule has 0 nitrogen and oxygen atoms in total. The predicted octanol–water partition coefficient (Wildman–Crippen LogP) is 4.25. The third kappa shape index (κ3) is 3.05. The highest BCUT2D eigenvalue weighted by atomic mass is 19.2. The molecule has 0 aliphatic heterocycles. The molecule has 80 valence electrons. The van der Waals surface area contributed by atoms with Gasteiger partial charge in [0.1, 0.15) is 0 Å². The highest BCUT2D eigenvalue weighted by molar-refractivity contribution is 5.21. The maximum Gasteiger partial charge on any atom is 0.194 e. The Kier molecular flexibility index (Phi) is 5.28. The normalized spacial score (nSPS) is 9.71. The smallest absolute Gasteiger partial charge is 0.194 e. The van der Waals surface area contributed by atoms with E-state index in [2.05, 4.69) is 0 Å². The molecule has 0 heterocycles. The van der Waals surface area contributed by atoms with Crippen LogP contribution in [0.15, 0.2) is 12.1 Å². The second kappa shape index (κ2) is 5.68. The first kappa shape index (κ1) is 13.0. The molecule has 14 heavy (non-hydrogen) atoms. The molecule has 1 rings (SSSR count). The van der Waals surface area contributed by atoms with Crippen LogP contribution in [0.3, 0.4) is 0 Å². The van der Waals surface area contributed by atoms with Crippen molar-refractivity contribution in [3.05, 3.63) is 35.1 Å². The van der Waals surface area contributed by atoms with Crippen LogP contribution in [0.5, 0.6) is 0 Å². The third-order valence-corrected chi connectivity index (χ3v) is 1.67. The lowest BCUT2D eigenvalue weighted by Crippen LogP contribution is -1.95. The Morgan fingerprint density at radius 3 is 1.57 bits per heavy atom. The van der Waals surface area contributed by atoms with Gasteiger partial charge in [0.05, 0.1) is 0 Å². The summed E-state index contributed by atoms with van der Waals surface area (Å²) in [4.78, 5) is 0. The number of benzene rings is 1. The quantitative estimate of drug-likeness (QED) is 0.600. The Bertz CT molecular complexity index is 270. The van der Waals surface area contributed by atoms with Crippen molar-refractivity contribution in [2.75, 3.05) is 0 Å². The number of rotatable bonds is 1. The van der Waals surface area contributed by atoms with E-state index in [9.17, 15) is 13.2 Å². The molecule has 0 N–H and O–H groups in total. The Hall–Kier alpha value is -0.990. The van der Waals surface area contributed by atoms with Crippen LogP contribution < -0.4 is 0 Å². The first-order valence-corrected chi connectivity index (χ1v) is 4.67. The van der Waals surface area contributed by atoms with Gasteiger partial charge in [0.2, 0.25) is 0 Å². The predicted molar refractivity (Wildman–Crippen MR) is 51.8 cm³/mol. The molecule has 1 aromatic rings. The van der Waals surface area contributed by atoms with E-state index in [-0.39, 0.29) is 5.92 Å². The highest BCUT2D eigenvalue weighted by Crippen LogP contribution is 2.19. The standard InChI is InChI=1S/C9H9F3.C2H6/c1-5(2)6-3-7(10)9(12)8(11)4-6;1-2/h3-5H,1-2H3;1-2H3. The lowest BCUT2D eigenvalue weighted by atomic mass is 10.0. The van der Waals surface area contributed by atoms with E-state index in [0.29, 0.717) is 5.56 Å². The monoisotopic (exact) mass is 204 g/mol. The zero-order valence-corrected chi connectivity index (χ0v) is 8.87. The Labute approximate surface area is 82.8 Å². The summed E-state index contributed by atoms with van der Waals surface area (Å²) in [7, 11) is 0. The van der Waals surface area contributed by atoms with Gasteiger partial charge >= 0.3 is 0 Å². The molecule has 0 radical (unpaired) electrons. The van der Waals surface area contributed by atoms with Crippen LogP contribution in [0, 0.1) is 17.5 Å². The zero-order chi connectivity index (χ0) is 11.3. The summed E-state index contributed by atoms with van der Waals surface area (Å²) in [5, 5.41) is 0. The molecule has 1 aromatic carbocycles. The van der Waals surface area contributed by atoms with Gasteiger partial charge in [-0.25, -0.2) is 13.2 Å². The summed E-state index contributed by atoms with van der Waals surface area (Å²) < 4.78 is 37.6. The van der Waals surface area contributed by atoms with Crippen molar-refractivity contribution in [2.24, 2.45) is 0 Å². The molecule has 0 spiro atoms. The molecular formula is C11H15F3. The van der Waals surface area contributed by atoms with Gasteiger partial charge < -0.3 is 0 Å². The lowest BCUT2D eigenvalue weighted by Gasteiger charge is -2.05. The van der Waals surface area contributed by atoms with E-state index in [4.69, 9.17) is 0 Å². The van der Waals surface area contributed by atoms with Gasteiger partial charge in [-0.05, 0) is 23.6 Å². The fourth-order valence-electron chi connectivity index (χ4n) is 0.908. The van der Waals surface area contributed by atoms with E-state index >= 15 is 0 Å². The molecule has 0 aliphatic carbocycles. The van der Waals surface area contributed by atoms with Gasteiger partial charge in [-0.3, -0.25) is 0 Å². The van der Waals surface area contributed by atoms with Crippen LogP contribution in [-0.2, 0) is 0 Å². The third-order valence-electron chi connectivity index (χ3n) is 1.67. The van der Waals surface area contributed by atoms with E-state index in [1.807, 2.05) is 13.8 Å². The molecule has 0 amide bonds. The van der Waals surface area contributed by atoms with E-state index in [1.165, 1.54) is 0 Å². The van der Waals surface area contributed by atoms with Crippen molar-refractivity contribution >= 4 is 0 Å². The van der Waals surface area contributed by atoms with Crippen LogP contribution in [0.2, 0.25) is 0 Å². The summed E-state index contributed by atoms with van der Waals surface area (Å²) in [5.74, 6) is -3.66. The molecular weight excluding hydrogens is 189 g/mol. The zero-order valence-electron chi connectivity index (χ0n) is 8.87. The van der Waals surface area contributed by atoms with Gasteiger partial charge in [0.25, 0.3) is 0 Å². The summed E-state index contributed by atoms with van der Waals surface area (Å²) in [6.07, 6.45) is 0. The second-order valence-electron chi connectivity index (χ2n) is 2.95. The van der Waals surface area contributed by atoms with Crippen molar-refractivity contribution in [3.63, 3.8) is 0 Å². The highest BCUT2D eigenvalue weighted by Gasteiger charge is 2.11. The molecule has 0 unspecified atom stereocenters. The van der Waals surface area contributed by atoms with Gasteiger partial charge in [-0.2, -0.15) is 0 Å². The summed E-state index contributed by atoms with van der Waals surface area (Å²) >= 11 is 0. The average molecular weight is 204 g/mol. The van der Waals surface area contributed by atoms with Crippen molar-refractivity contribution in [2.45, 2.75) is 33.6 Å². The minimum atomic E-state index is -1.40. The topological polar surface area (TPSA) is 0 Å². The van der Waals surface area contributed by atoms with Crippen molar-refractivity contribution in [1.29, 1.82) is 0 Å². The molecule has 0 aliphatic rings. The summed E-state index contributed by atoms with van der Waals surface area (Å²) in [5.41, 5.74) is 0.464. The fourth-order valence-corrected chi connectivity index (χ4v) is 0.908. The molecule has 0 saturated carbocycles. The van der Waals surface area contributed by atoms with E-state index in [0.717, 1.165) is 12.1 Å². The molecule has 0 atom stereocenters. The maximum absolute atomic E-state index is 12.6. The number of hydrogen-bond donors (Lipinski definition) is 0. The van der Waals surface area contributed by atoms with Crippen LogP contribution >= 0.6 is 0 Å². The minimum Gasteiger partial charge on any atom is -0.204 e. The molecule has 0 bridgehead atoms. The van der Waals surface area contributed by atoms with Gasteiger partial charge in [0, 0.05) is 0 Å². The first-order valence-electron chi connectivity index (χ1n) is 4.67. The van der Waals surface area contributed by atoms with Crippen molar-refractivity contribution < 1.29 is 13.2 Å². The van der Waals surface area contributed by atoms with Crippen LogP contribution in [0.4, 0.5) is 13.2 Å². The first-order chi connectivity index (χ1) is 6.52. The Morgan fingerprint density at radius 1 is 0.929 bits per heavy atom. The summed E-state index contributed by atoms with van der Waals surface area (Å²) in [6, 6.07) is 2.03. The van der Waals surface area contributed by atoms with Crippen molar-refractivity contribution in [3.8, 4) is 0 Å². The van der Waals surface area contributed by atoms with Crippen LogP contribution in [0.1, 0.15) is 39.2 Å². The summed E-state index contributed by atoms with van der Waals surface area (Å²) in [6.45, 7) is 7.57.